The number of benzene rings is 2. The zero-order valence-corrected chi connectivity index (χ0v) is 13.9. The van der Waals surface area contributed by atoms with E-state index in [0.717, 1.165) is 11.1 Å². The number of nitrogens with one attached hydrogen (secondary N) is 1. The van der Waals surface area contributed by atoms with Crippen LogP contribution >= 0.6 is 0 Å². The number of hydrogen-bond acceptors (Lipinski definition) is 3. The van der Waals surface area contributed by atoms with Gasteiger partial charge in [0.05, 0.1) is 5.56 Å². The van der Waals surface area contributed by atoms with Crippen molar-refractivity contribution in [2.45, 2.75) is 13.5 Å². The summed E-state index contributed by atoms with van der Waals surface area (Å²) in [5.74, 6) is -0.428. The molecule has 0 aliphatic rings. The number of carbonyl (C=O) groups is 2. The molecule has 25 heavy (non-hydrogen) atoms. The highest BCUT2D eigenvalue weighted by Gasteiger charge is 2.17. The van der Waals surface area contributed by atoms with Crippen LogP contribution in [0.1, 0.15) is 37.4 Å². The number of ketones is 1. The van der Waals surface area contributed by atoms with Gasteiger partial charge in [0.1, 0.15) is 0 Å². The van der Waals surface area contributed by atoms with Crippen LogP contribution in [0.25, 0.3) is 0 Å². The number of pyridine rings is 1. The first-order valence-corrected chi connectivity index (χ1v) is 8.02. The standard InChI is InChI=1S/C21H18N2O2/c1-15-6-8-17(9-7-15)20(24)18-4-2-3-5-19(18)21(25)23-14-16-10-12-22-13-11-16/h2-13H,14H2,1H3,(H,23,25). The molecule has 124 valence electrons. The summed E-state index contributed by atoms with van der Waals surface area (Å²) in [6, 6.07) is 17.9. The highest BCUT2D eigenvalue weighted by Crippen LogP contribution is 2.15. The van der Waals surface area contributed by atoms with Crippen LogP contribution in [0.2, 0.25) is 0 Å². The fourth-order valence-corrected chi connectivity index (χ4v) is 2.52. The first-order valence-electron chi connectivity index (χ1n) is 8.02. The molecule has 4 heteroatoms. The van der Waals surface area contributed by atoms with E-state index < -0.39 is 0 Å². The lowest BCUT2D eigenvalue weighted by Gasteiger charge is -2.10. The largest absolute Gasteiger partial charge is 0.348 e. The van der Waals surface area contributed by atoms with E-state index in [4.69, 9.17) is 0 Å². The summed E-state index contributed by atoms with van der Waals surface area (Å²) in [4.78, 5) is 29.3. The summed E-state index contributed by atoms with van der Waals surface area (Å²) in [6.45, 7) is 2.35. The Labute approximate surface area is 146 Å². The molecule has 0 radical (unpaired) electrons. The first-order chi connectivity index (χ1) is 12.1. The van der Waals surface area contributed by atoms with E-state index in [1.54, 1.807) is 48.8 Å². The van der Waals surface area contributed by atoms with Crippen LogP contribution in [0.5, 0.6) is 0 Å². The predicted octanol–water partition coefficient (Wildman–Crippen LogP) is 3.55. The molecule has 0 atom stereocenters. The lowest BCUT2D eigenvalue weighted by atomic mass is 9.97. The fourth-order valence-electron chi connectivity index (χ4n) is 2.52. The molecular formula is C21H18N2O2. The molecule has 1 N–H and O–H groups in total. The van der Waals surface area contributed by atoms with Crippen molar-refractivity contribution in [3.63, 3.8) is 0 Å². The maximum Gasteiger partial charge on any atom is 0.252 e. The topological polar surface area (TPSA) is 59.1 Å². The van der Waals surface area contributed by atoms with Crippen LogP contribution < -0.4 is 5.32 Å². The van der Waals surface area contributed by atoms with E-state index in [1.165, 1.54) is 0 Å². The van der Waals surface area contributed by atoms with Crippen molar-refractivity contribution >= 4 is 11.7 Å². The third kappa shape index (κ3) is 3.98. The molecule has 1 aromatic heterocycles. The molecular weight excluding hydrogens is 312 g/mol. The van der Waals surface area contributed by atoms with E-state index in [0.29, 0.717) is 23.2 Å². The molecule has 0 unspecified atom stereocenters. The van der Waals surface area contributed by atoms with Crippen LogP contribution in [0.15, 0.2) is 73.1 Å². The molecule has 2 aromatic carbocycles. The quantitative estimate of drug-likeness (QED) is 0.728. The Kier molecular flexibility index (Phi) is 5.00. The number of aryl methyl sites for hydroxylation is 1. The van der Waals surface area contributed by atoms with Crippen LogP contribution in [-0.2, 0) is 6.54 Å². The minimum Gasteiger partial charge on any atom is -0.348 e. The molecule has 0 saturated carbocycles. The monoisotopic (exact) mass is 330 g/mol. The van der Waals surface area contributed by atoms with Crippen molar-refractivity contribution in [1.29, 1.82) is 0 Å². The van der Waals surface area contributed by atoms with Crippen LogP contribution in [0.4, 0.5) is 0 Å². The number of rotatable bonds is 5. The second kappa shape index (κ2) is 7.53. The van der Waals surface area contributed by atoms with Gasteiger partial charge in [-0.1, -0.05) is 48.0 Å². The normalized spacial score (nSPS) is 10.3. The average molecular weight is 330 g/mol. The average Bonchev–Trinajstić information content (AvgIpc) is 2.67. The fraction of sp³-hybridized carbons (Fsp3) is 0.0952. The Bertz CT molecular complexity index is 887. The summed E-state index contributed by atoms with van der Waals surface area (Å²) in [6.07, 6.45) is 3.35. The number of nitrogens with zero attached hydrogens (tertiary/aromatic N) is 1. The van der Waals surface area contributed by atoms with Crippen LogP contribution in [0, 0.1) is 6.92 Å². The molecule has 1 amide bonds. The van der Waals surface area contributed by atoms with Gasteiger partial charge >= 0.3 is 0 Å². The predicted molar refractivity (Wildman–Crippen MR) is 96.5 cm³/mol. The third-order valence-electron chi connectivity index (χ3n) is 3.93. The van der Waals surface area contributed by atoms with Gasteiger partial charge in [-0.25, -0.2) is 0 Å². The molecule has 0 fully saturated rings. The summed E-state index contributed by atoms with van der Waals surface area (Å²) in [5.41, 5.74) is 3.38. The zero-order chi connectivity index (χ0) is 17.6. The van der Waals surface area contributed by atoms with Gasteiger partial charge < -0.3 is 5.32 Å². The maximum atomic E-state index is 12.8. The molecule has 0 bridgehead atoms. The van der Waals surface area contributed by atoms with E-state index in [9.17, 15) is 9.59 Å². The van der Waals surface area contributed by atoms with Gasteiger partial charge in [0.15, 0.2) is 5.78 Å². The lowest BCUT2D eigenvalue weighted by Crippen LogP contribution is -2.25. The summed E-state index contributed by atoms with van der Waals surface area (Å²) in [5, 5.41) is 2.85. The van der Waals surface area contributed by atoms with Gasteiger partial charge in [-0.3, -0.25) is 14.6 Å². The number of hydrogen-bond donors (Lipinski definition) is 1. The Morgan fingerprint density at radius 3 is 2.20 bits per heavy atom. The molecule has 4 nitrogen and oxygen atoms in total. The molecule has 3 aromatic rings. The summed E-state index contributed by atoms with van der Waals surface area (Å²) in [7, 11) is 0. The lowest BCUT2D eigenvalue weighted by molar-refractivity contribution is 0.0939. The number of aromatic nitrogens is 1. The molecule has 3 rings (SSSR count). The zero-order valence-electron chi connectivity index (χ0n) is 13.9. The smallest absolute Gasteiger partial charge is 0.252 e. The van der Waals surface area contributed by atoms with Crippen LogP contribution in [-0.4, -0.2) is 16.7 Å². The molecule has 0 spiro atoms. The van der Waals surface area contributed by atoms with Crippen molar-refractivity contribution in [1.82, 2.24) is 10.3 Å². The van der Waals surface area contributed by atoms with E-state index in [1.807, 2.05) is 31.2 Å². The van der Waals surface area contributed by atoms with Crippen molar-refractivity contribution in [2.24, 2.45) is 0 Å². The summed E-state index contributed by atoms with van der Waals surface area (Å²) >= 11 is 0. The van der Waals surface area contributed by atoms with Crippen molar-refractivity contribution in [3.05, 3.63) is 101 Å². The highest BCUT2D eigenvalue weighted by atomic mass is 16.2. The first kappa shape index (κ1) is 16.6. The highest BCUT2D eigenvalue weighted by molar-refractivity contribution is 6.15. The van der Waals surface area contributed by atoms with Crippen molar-refractivity contribution < 1.29 is 9.59 Å². The Balaban J connectivity index is 1.81. The Morgan fingerprint density at radius 1 is 0.880 bits per heavy atom. The maximum absolute atomic E-state index is 12.8. The van der Waals surface area contributed by atoms with Gasteiger partial charge in [-0.2, -0.15) is 0 Å². The van der Waals surface area contributed by atoms with Crippen molar-refractivity contribution in [3.8, 4) is 0 Å². The SMILES string of the molecule is Cc1ccc(C(=O)c2ccccc2C(=O)NCc2ccncc2)cc1. The third-order valence-corrected chi connectivity index (χ3v) is 3.93. The van der Waals surface area contributed by atoms with Crippen molar-refractivity contribution in [2.75, 3.05) is 0 Å². The molecule has 0 aliphatic heterocycles. The summed E-state index contributed by atoms with van der Waals surface area (Å²) < 4.78 is 0. The van der Waals surface area contributed by atoms with Gasteiger partial charge in [0.2, 0.25) is 0 Å². The van der Waals surface area contributed by atoms with Gasteiger partial charge in [0, 0.05) is 30.1 Å². The molecule has 1 heterocycles. The van der Waals surface area contributed by atoms with Gasteiger partial charge in [-0.15, -0.1) is 0 Å². The van der Waals surface area contributed by atoms with Crippen LogP contribution in [0.3, 0.4) is 0 Å². The minimum absolute atomic E-state index is 0.158. The van der Waals surface area contributed by atoms with E-state index in [2.05, 4.69) is 10.3 Å². The number of amides is 1. The van der Waals surface area contributed by atoms with E-state index >= 15 is 0 Å². The van der Waals surface area contributed by atoms with E-state index in [-0.39, 0.29) is 11.7 Å². The minimum atomic E-state index is -0.270. The number of carbonyl (C=O) groups excluding carboxylic acids is 2. The molecule has 0 aliphatic carbocycles. The second-order valence-corrected chi connectivity index (χ2v) is 5.78. The Morgan fingerprint density at radius 2 is 1.52 bits per heavy atom. The van der Waals surface area contributed by atoms with Gasteiger partial charge in [-0.05, 0) is 30.7 Å². The second-order valence-electron chi connectivity index (χ2n) is 5.78. The molecule has 0 saturated heterocycles. The van der Waals surface area contributed by atoms with Gasteiger partial charge in [0.25, 0.3) is 5.91 Å². The Hall–Kier alpha value is -3.27.